The van der Waals surface area contributed by atoms with Crippen LogP contribution in [0.4, 0.5) is 35.2 Å². The number of aryl methyl sites for hydroxylation is 1. The fraction of sp³-hybridized carbons (Fsp3) is 0.378. The van der Waals surface area contributed by atoms with Crippen molar-refractivity contribution in [2.24, 2.45) is 5.92 Å². The Hall–Kier alpha value is -5.00. The molecule has 2 fully saturated rings. The third-order valence-corrected chi connectivity index (χ3v) is 9.26. The number of aromatic nitrogens is 2. The molecule has 49 heavy (non-hydrogen) atoms. The first-order valence-electron chi connectivity index (χ1n) is 16.5. The number of fused-ring (bicyclic) bond motifs is 2. The van der Waals surface area contributed by atoms with Crippen molar-refractivity contribution in [2.45, 2.75) is 83.7 Å². The number of nitrogen functional groups attached to an aromatic ring is 1. The number of ether oxygens (including phenoxy) is 1. The second kappa shape index (κ2) is 13.1. The van der Waals surface area contributed by atoms with E-state index in [0.29, 0.717) is 17.4 Å². The molecule has 0 spiro atoms. The lowest BCUT2D eigenvalue weighted by Crippen LogP contribution is -2.46. The average Bonchev–Trinajstić information content (AvgIpc) is 3.56. The summed E-state index contributed by atoms with van der Waals surface area (Å²) in [7, 11) is 0. The molecule has 0 saturated carbocycles. The molecule has 2 bridgehead atoms. The van der Waals surface area contributed by atoms with Crippen molar-refractivity contribution >= 4 is 29.1 Å². The summed E-state index contributed by atoms with van der Waals surface area (Å²) in [6.45, 7) is 8.24. The number of nitrogens with one attached hydrogen (secondary N) is 2. The van der Waals surface area contributed by atoms with Gasteiger partial charge in [-0.2, -0.15) is 5.10 Å². The summed E-state index contributed by atoms with van der Waals surface area (Å²) in [5.41, 5.74) is 9.93. The van der Waals surface area contributed by atoms with Gasteiger partial charge in [-0.05, 0) is 93.0 Å². The van der Waals surface area contributed by atoms with Gasteiger partial charge in [-0.1, -0.05) is 50.6 Å². The summed E-state index contributed by atoms with van der Waals surface area (Å²) in [6.07, 6.45) is -0.907. The highest BCUT2D eigenvalue weighted by molar-refractivity contribution is 5.99. The minimum atomic E-state index is -4.91. The number of carbonyl (C=O) groups is 2. The van der Waals surface area contributed by atoms with Gasteiger partial charge in [0.1, 0.15) is 5.82 Å². The van der Waals surface area contributed by atoms with Gasteiger partial charge in [-0.25, -0.2) is 9.48 Å². The maximum absolute atomic E-state index is 13.5. The first-order chi connectivity index (χ1) is 23.1. The summed E-state index contributed by atoms with van der Waals surface area (Å²) >= 11 is 0. The smallest absolute Gasteiger partial charge is 0.404 e. The molecule has 6 rings (SSSR count). The van der Waals surface area contributed by atoms with E-state index in [1.165, 1.54) is 12.1 Å². The van der Waals surface area contributed by atoms with E-state index in [2.05, 4.69) is 36.1 Å². The number of halogens is 3. The van der Waals surface area contributed by atoms with E-state index in [1.807, 2.05) is 66.4 Å². The summed E-state index contributed by atoms with van der Waals surface area (Å²) < 4.78 is 44.4. The number of rotatable bonds is 7. The zero-order valence-corrected chi connectivity index (χ0v) is 28.0. The number of hydrogen-bond donors (Lipinski definition) is 3. The number of hydrogen-bond acceptors (Lipinski definition) is 5. The van der Waals surface area contributed by atoms with E-state index in [1.54, 1.807) is 4.68 Å². The zero-order chi connectivity index (χ0) is 35.1. The molecule has 2 saturated heterocycles. The minimum Gasteiger partial charge on any atom is -0.404 e. The second-order valence-electron chi connectivity index (χ2n) is 14.1. The van der Waals surface area contributed by atoms with Gasteiger partial charge < -0.3 is 20.7 Å². The Balaban J connectivity index is 1.10. The van der Waals surface area contributed by atoms with E-state index in [0.717, 1.165) is 60.7 Å². The van der Waals surface area contributed by atoms with Crippen LogP contribution in [-0.2, 0) is 11.8 Å². The van der Waals surface area contributed by atoms with E-state index < -0.39 is 12.1 Å². The molecule has 0 aliphatic carbocycles. The van der Waals surface area contributed by atoms with Gasteiger partial charge in [0, 0.05) is 34.8 Å². The monoisotopic (exact) mass is 674 g/mol. The topological polar surface area (TPSA) is 115 Å². The Morgan fingerprint density at radius 3 is 2.29 bits per heavy atom. The fourth-order valence-electron chi connectivity index (χ4n) is 6.93. The first-order valence-corrected chi connectivity index (χ1v) is 16.5. The molecule has 1 aromatic heterocycles. The standard InChI is InChI=1S/C37H41F3N6O3/c1-22-8-11-27(12-9-22)46-33(21-32(44-46)36(2,3)4)43-35(48)42-26-7-5-6-23(17-26)16-24-18-28-13-14-29(19-24)45(28)34(47)25-10-15-30(41)31(20-25)49-37(38,39)40/h5-12,15,17,20-21,24,28-29H,13-14,16,18-19,41H2,1-4H3,(H2,42,43,48). The molecule has 2 aliphatic rings. The number of urea groups is 1. The molecule has 2 atom stereocenters. The van der Waals surface area contributed by atoms with Crippen molar-refractivity contribution in [3.63, 3.8) is 0 Å². The number of anilines is 3. The van der Waals surface area contributed by atoms with Crippen molar-refractivity contribution in [3.8, 4) is 11.4 Å². The maximum Gasteiger partial charge on any atom is 0.573 e. The van der Waals surface area contributed by atoms with E-state index in [4.69, 9.17) is 10.8 Å². The number of piperidine rings is 1. The van der Waals surface area contributed by atoms with Crippen LogP contribution in [0.1, 0.15) is 73.6 Å². The number of benzene rings is 3. The van der Waals surface area contributed by atoms with Crippen LogP contribution in [0.25, 0.3) is 5.69 Å². The second-order valence-corrected chi connectivity index (χ2v) is 14.1. The quantitative estimate of drug-likeness (QED) is 0.171. The van der Waals surface area contributed by atoms with Crippen molar-refractivity contribution in [1.29, 1.82) is 0 Å². The van der Waals surface area contributed by atoms with Gasteiger partial charge in [0.05, 0.1) is 17.1 Å². The predicted molar refractivity (Wildman–Crippen MR) is 183 cm³/mol. The minimum absolute atomic E-state index is 0.00996. The fourth-order valence-corrected chi connectivity index (χ4v) is 6.93. The Morgan fingerprint density at radius 1 is 0.939 bits per heavy atom. The molecule has 12 heteroatoms. The zero-order valence-electron chi connectivity index (χ0n) is 28.0. The van der Waals surface area contributed by atoms with Crippen LogP contribution in [0.15, 0.2) is 72.8 Å². The first kappa shape index (κ1) is 33.9. The van der Waals surface area contributed by atoms with Crippen LogP contribution in [0.2, 0.25) is 0 Å². The van der Waals surface area contributed by atoms with Crippen molar-refractivity contribution in [3.05, 3.63) is 95.2 Å². The van der Waals surface area contributed by atoms with Gasteiger partial charge in [0.15, 0.2) is 5.75 Å². The molecule has 258 valence electrons. The lowest BCUT2D eigenvalue weighted by molar-refractivity contribution is -0.274. The number of nitrogens with zero attached hydrogens (tertiary/aromatic N) is 3. The molecule has 4 N–H and O–H groups in total. The van der Waals surface area contributed by atoms with Gasteiger partial charge in [0.2, 0.25) is 0 Å². The van der Waals surface area contributed by atoms with Crippen LogP contribution < -0.4 is 21.1 Å². The van der Waals surface area contributed by atoms with Crippen molar-refractivity contribution in [1.82, 2.24) is 14.7 Å². The Kier molecular flexibility index (Phi) is 9.08. The molecule has 9 nitrogen and oxygen atoms in total. The molecule has 3 heterocycles. The summed E-state index contributed by atoms with van der Waals surface area (Å²) in [5, 5.41) is 10.7. The lowest BCUT2D eigenvalue weighted by Gasteiger charge is -2.39. The molecular weight excluding hydrogens is 633 g/mol. The number of alkyl halides is 3. The van der Waals surface area contributed by atoms with Gasteiger partial charge >= 0.3 is 12.4 Å². The third kappa shape index (κ3) is 7.84. The highest BCUT2D eigenvalue weighted by Gasteiger charge is 2.43. The van der Waals surface area contributed by atoms with Gasteiger partial charge in [0.25, 0.3) is 5.91 Å². The van der Waals surface area contributed by atoms with Crippen molar-refractivity contribution < 1.29 is 27.5 Å². The highest BCUT2D eigenvalue weighted by Crippen LogP contribution is 2.41. The Labute approximate surface area is 283 Å². The van der Waals surface area contributed by atoms with Crippen molar-refractivity contribution in [2.75, 3.05) is 16.4 Å². The molecule has 2 unspecified atom stereocenters. The van der Waals surface area contributed by atoms with Crippen LogP contribution in [-0.4, -0.2) is 45.1 Å². The highest BCUT2D eigenvalue weighted by atomic mass is 19.4. The largest absolute Gasteiger partial charge is 0.573 e. The average molecular weight is 675 g/mol. The summed E-state index contributed by atoms with van der Waals surface area (Å²) in [4.78, 5) is 28.6. The van der Waals surface area contributed by atoms with E-state index >= 15 is 0 Å². The number of carbonyl (C=O) groups excluding carboxylic acids is 2. The third-order valence-electron chi connectivity index (χ3n) is 9.26. The Bertz CT molecular complexity index is 1830. The summed E-state index contributed by atoms with van der Waals surface area (Å²) in [6, 6.07) is 21.0. The van der Waals surface area contributed by atoms with E-state index in [-0.39, 0.29) is 40.7 Å². The maximum atomic E-state index is 13.5. The van der Waals surface area contributed by atoms with Crippen LogP contribution in [0, 0.1) is 12.8 Å². The van der Waals surface area contributed by atoms with Crippen LogP contribution in [0.5, 0.6) is 5.75 Å². The van der Waals surface area contributed by atoms with Gasteiger partial charge in [-0.3, -0.25) is 10.1 Å². The van der Waals surface area contributed by atoms with E-state index in [9.17, 15) is 22.8 Å². The van der Waals surface area contributed by atoms with Gasteiger partial charge in [-0.15, -0.1) is 13.2 Å². The molecule has 0 radical (unpaired) electrons. The molecular formula is C37H41F3N6O3. The number of nitrogens with two attached hydrogens (primary N) is 1. The van der Waals surface area contributed by atoms with Crippen LogP contribution >= 0.6 is 0 Å². The van der Waals surface area contributed by atoms with Crippen LogP contribution in [0.3, 0.4) is 0 Å². The Morgan fingerprint density at radius 2 is 1.63 bits per heavy atom. The predicted octanol–water partition coefficient (Wildman–Crippen LogP) is 8.23. The normalized spacial score (nSPS) is 19.1. The SMILES string of the molecule is Cc1ccc(-n2nc(C(C)(C)C)cc2NC(=O)Nc2cccc(CC3CC4CCC(C3)N4C(=O)c3ccc(N)c(OC(F)(F)F)c3)c2)cc1. The number of amides is 3. The molecule has 3 aromatic carbocycles. The lowest BCUT2D eigenvalue weighted by atomic mass is 9.85. The molecule has 3 amide bonds. The summed E-state index contributed by atoms with van der Waals surface area (Å²) in [5.74, 6) is -0.0223. The molecule has 4 aromatic rings. The molecule has 2 aliphatic heterocycles.